The van der Waals surface area contributed by atoms with Crippen LogP contribution in [0.3, 0.4) is 0 Å². The van der Waals surface area contributed by atoms with E-state index in [9.17, 15) is 9.59 Å². The van der Waals surface area contributed by atoms with Crippen LogP contribution < -0.4 is 10.6 Å². The molecule has 19 heavy (non-hydrogen) atoms. The normalized spacial score (nSPS) is 34.2. The van der Waals surface area contributed by atoms with Crippen molar-refractivity contribution in [1.82, 2.24) is 10.6 Å². The summed E-state index contributed by atoms with van der Waals surface area (Å²) >= 11 is 1.90. The molecule has 5 nitrogen and oxygen atoms in total. The van der Waals surface area contributed by atoms with E-state index in [2.05, 4.69) is 17.6 Å². The Morgan fingerprint density at radius 1 is 1.37 bits per heavy atom. The maximum absolute atomic E-state index is 11.8. The minimum absolute atomic E-state index is 0.138. The number of carbonyl (C=O) groups excluding carboxylic acids is 1. The number of amides is 2. The fraction of sp³-hybridized carbons (Fsp3) is 0.846. The highest BCUT2D eigenvalue weighted by Gasteiger charge is 2.34. The lowest BCUT2D eigenvalue weighted by molar-refractivity contribution is -0.142. The van der Waals surface area contributed by atoms with Crippen molar-refractivity contribution in [1.29, 1.82) is 0 Å². The van der Waals surface area contributed by atoms with Gasteiger partial charge in [0, 0.05) is 17.3 Å². The maximum atomic E-state index is 11.8. The highest BCUT2D eigenvalue weighted by Crippen LogP contribution is 2.36. The van der Waals surface area contributed by atoms with E-state index in [-0.39, 0.29) is 16.8 Å². The van der Waals surface area contributed by atoms with Gasteiger partial charge in [0.05, 0.1) is 5.92 Å². The van der Waals surface area contributed by atoms with Crippen molar-refractivity contribution < 1.29 is 14.7 Å². The van der Waals surface area contributed by atoms with Gasteiger partial charge in [-0.2, -0.15) is 11.8 Å². The summed E-state index contributed by atoms with van der Waals surface area (Å²) in [4.78, 5) is 22.9. The molecule has 0 aromatic carbocycles. The molecule has 3 atom stereocenters. The molecular formula is C13H22N2O3S. The van der Waals surface area contributed by atoms with Gasteiger partial charge >= 0.3 is 12.0 Å². The minimum Gasteiger partial charge on any atom is -0.481 e. The van der Waals surface area contributed by atoms with E-state index in [1.54, 1.807) is 0 Å². The summed E-state index contributed by atoms with van der Waals surface area (Å²) in [6.07, 6.45) is 4.62. The molecular weight excluding hydrogens is 264 g/mol. The molecule has 2 rings (SSSR count). The molecule has 3 N–H and O–H groups in total. The number of carboxylic acid groups (broad SMARTS) is 1. The molecule has 0 bridgehead atoms. The Morgan fingerprint density at radius 2 is 2.16 bits per heavy atom. The summed E-state index contributed by atoms with van der Waals surface area (Å²) in [5.41, 5.74) is 0. The summed E-state index contributed by atoms with van der Waals surface area (Å²) in [5.74, 6) is -0.0768. The number of thioether (sulfide) groups is 1. The molecule has 1 saturated carbocycles. The number of carboxylic acids is 1. The fourth-order valence-corrected chi connectivity index (χ4v) is 4.14. The van der Waals surface area contributed by atoms with Crippen molar-refractivity contribution in [3.63, 3.8) is 0 Å². The zero-order chi connectivity index (χ0) is 13.9. The highest BCUT2D eigenvalue weighted by atomic mass is 32.2. The zero-order valence-corrected chi connectivity index (χ0v) is 12.1. The molecule has 2 aliphatic rings. The first-order valence-corrected chi connectivity index (χ1v) is 7.90. The summed E-state index contributed by atoms with van der Waals surface area (Å²) in [6.45, 7) is 2.81. The Morgan fingerprint density at radius 3 is 2.79 bits per heavy atom. The molecule has 3 unspecified atom stereocenters. The third-order valence-corrected chi connectivity index (χ3v) is 5.61. The number of nitrogens with one attached hydrogen (secondary N) is 2. The van der Waals surface area contributed by atoms with Crippen molar-refractivity contribution in [2.45, 2.75) is 49.8 Å². The first-order chi connectivity index (χ1) is 9.00. The lowest BCUT2D eigenvalue weighted by atomic mass is 10.0. The van der Waals surface area contributed by atoms with E-state index in [1.165, 1.54) is 6.42 Å². The van der Waals surface area contributed by atoms with Crippen LogP contribution in [0, 0.1) is 5.92 Å². The standard InChI is InChI=1S/C13H22N2O3S/c1-13(6-3-7-19-13)8-14-12(18)15-10-5-2-4-9(10)11(16)17/h9-10H,2-8H2,1H3,(H,16,17)(H2,14,15,18). The van der Waals surface area contributed by atoms with Gasteiger partial charge in [-0.05, 0) is 38.4 Å². The first kappa shape index (κ1) is 14.5. The number of hydrogen-bond donors (Lipinski definition) is 3. The lowest BCUT2D eigenvalue weighted by Gasteiger charge is -2.24. The van der Waals surface area contributed by atoms with Gasteiger partial charge in [0.25, 0.3) is 0 Å². The number of aliphatic carboxylic acids is 1. The van der Waals surface area contributed by atoms with E-state index in [0.717, 1.165) is 25.0 Å². The molecule has 0 aromatic heterocycles. The average Bonchev–Trinajstić information content (AvgIpc) is 2.96. The Labute approximate surface area is 117 Å². The van der Waals surface area contributed by atoms with Gasteiger partial charge in [-0.15, -0.1) is 0 Å². The number of urea groups is 1. The molecule has 1 saturated heterocycles. The third-order valence-electron chi connectivity index (χ3n) is 4.07. The lowest BCUT2D eigenvalue weighted by Crippen LogP contribution is -2.48. The summed E-state index contributed by atoms with van der Waals surface area (Å²) in [7, 11) is 0. The van der Waals surface area contributed by atoms with Crippen LogP contribution in [0.25, 0.3) is 0 Å². The van der Waals surface area contributed by atoms with Crippen molar-refractivity contribution in [2.75, 3.05) is 12.3 Å². The van der Waals surface area contributed by atoms with E-state index in [1.807, 2.05) is 11.8 Å². The Bertz CT molecular complexity index is 356. The molecule has 1 heterocycles. The average molecular weight is 286 g/mol. The molecule has 0 radical (unpaired) electrons. The van der Waals surface area contributed by atoms with Crippen molar-refractivity contribution in [3.8, 4) is 0 Å². The summed E-state index contributed by atoms with van der Waals surface area (Å²) in [6, 6.07) is -0.451. The molecule has 1 aliphatic heterocycles. The second-order valence-corrected chi connectivity index (χ2v) is 7.39. The van der Waals surface area contributed by atoms with Gasteiger partial charge < -0.3 is 15.7 Å². The molecule has 2 amide bonds. The van der Waals surface area contributed by atoms with Crippen molar-refractivity contribution >= 4 is 23.8 Å². The largest absolute Gasteiger partial charge is 0.481 e. The van der Waals surface area contributed by atoms with Crippen LogP contribution in [0.5, 0.6) is 0 Å². The summed E-state index contributed by atoms with van der Waals surface area (Å²) in [5, 5.41) is 14.8. The first-order valence-electron chi connectivity index (χ1n) is 6.91. The fourth-order valence-electron chi connectivity index (χ4n) is 2.89. The van der Waals surface area contributed by atoms with Crippen LogP contribution in [0.15, 0.2) is 0 Å². The van der Waals surface area contributed by atoms with Crippen molar-refractivity contribution in [3.05, 3.63) is 0 Å². The SMILES string of the molecule is CC1(CNC(=O)NC2CCCC2C(=O)O)CCCS1. The number of hydrogen-bond acceptors (Lipinski definition) is 3. The van der Waals surface area contributed by atoms with Crippen LogP contribution in [0.1, 0.15) is 39.0 Å². The summed E-state index contributed by atoms with van der Waals surface area (Å²) < 4.78 is 0.138. The predicted molar refractivity (Wildman–Crippen MR) is 75.4 cm³/mol. The van der Waals surface area contributed by atoms with Crippen LogP contribution in [-0.2, 0) is 4.79 Å². The molecule has 6 heteroatoms. The van der Waals surface area contributed by atoms with E-state index >= 15 is 0 Å². The van der Waals surface area contributed by atoms with E-state index in [4.69, 9.17) is 5.11 Å². The van der Waals surface area contributed by atoms with Crippen LogP contribution in [0.2, 0.25) is 0 Å². The van der Waals surface area contributed by atoms with Gasteiger partial charge in [-0.1, -0.05) is 6.42 Å². The van der Waals surface area contributed by atoms with Crippen molar-refractivity contribution in [2.24, 2.45) is 5.92 Å². The van der Waals surface area contributed by atoms with Crippen LogP contribution >= 0.6 is 11.8 Å². The van der Waals surface area contributed by atoms with E-state index < -0.39 is 11.9 Å². The minimum atomic E-state index is -0.805. The number of rotatable bonds is 4. The monoisotopic (exact) mass is 286 g/mol. The maximum Gasteiger partial charge on any atom is 0.315 e. The van der Waals surface area contributed by atoms with Crippen LogP contribution in [-0.4, -0.2) is 40.2 Å². The molecule has 0 spiro atoms. The molecule has 0 aromatic rings. The second-order valence-electron chi connectivity index (χ2n) is 5.71. The molecule has 108 valence electrons. The second kappa shape index (κ2) is 6.03. The molecule has 1 aliphatic carbocycles. The van der Waals surface area contributed by atoms with Crippen LogP contribution in [0.4, 0.5) is 4.79 Å². The highest BCUT2D eigenvalue weighted by molar-refractivity contribution is 8.00. The Balaban J connectivity index is 1.76. The quantitative estimate of drug-likeness (QED) is 0.736. The van der Waals surface area contributed by atoms with E-state index in [0.29, 0.717) is 13.0 Å². The predicted octanol–water partition coefficient (Wildman–Crippen LogP) is 1.82. The van der Waals surface area contributed by atoms with Gasteiger partial charge in [0.2, 0.25) is 0 Å². The number of carbonyl (C=O) groups is 2. The van der Waals surface area contributed by atoms with Gasteiger partial charge in [-0.25, -0.2) is 4.79 Å². The Kier molecular flexibility index (Phi) is 4.60. The Hall–Kier alpha value is -0.910. The topological polar surface area (TPSA) is 78.4 Å². The third kappa shape index (κ3) is 3.78. The van der Waals surface area contributed by atoms with Gasteiger partial charge in [-0.3, -0.25) is 4.79 Å². The molecule has 2 fully saturated rings. The van der Waals surface area contributed by atoms with Gasteiger partial charge in [0.1, 0.15) is 0 Å². The zero-order valence-electron chi connectivity index (χ0n) is 11.3. The van der Waals surface area contributed by atoms with Gasteiger partial charge in [0.15, 0.2) is 0 Å². The smallest absolute Gasteiger partial charge is 0.315 e.